The lowest BCUT2D eigenvalue weighted by Crippen LogP contribution is -1.93. The molecule has 0 aliphatic heterocycles. The van der Waals surface area contributed by atoms with E-state index in [1.807, 2.05) is 18.3 Å². The topological polar surface area (TPSA) is 9.23 Å². The lowest BCUT2D eigenvalue weighted by Gasteiger charge is -2.05. The fraction of sp³-hybridized carbons (Fsp3) is 0.273. The van der Waals surface area contributed by atoms with Gasteiger partial charge in [-0.05, 0) is 60.0 Å². The third kappa shape index (κ3) is 1.75. The third-order valence-corrected chi connectivity index (χ3v) is 4.53. The molecule has 0 saturated heterocycles. The Balaban J connectivity index is 2.61. The minimum absolute atomic E-state index is 0.728. The molecule has 2 aromatic rings. The number of hydrogen-bond donors (Lipinski definition) is 0. The Bertz CT molecular complexity index is 462. The second-order valence-corrected chi connectivity index (χ2v) is 5.42. The highest BCUT2D eigenvalue weighted by molar-refractivity contribution is 14.1. The highest BCUT2D eigenvalue weighted by atomic mass is 127. The summed E-state index contributed by atoms with van der Waals surface area (Å²) in [7, 11) is 0. The number of hydrogen-bond acceptors (Lipinski definition) is 2. The van der Waals surface area contributed by atoms with Gasteiger partial charge >= 0.3 is 0 Å². The number of aryl methyl sites for hydroxylation is 1. The molecule has 0 unspecified atom stereocenters. The van der Waals surface area contributed by atoms with Crippen molar-refractivity contribution in [3.05, 3.63) is 26.6 Å². The van der Waals surface area contributed by atoms with Gasteiger partial charge in [-0.3, -0.25) is 0 Å². The molecule has 0 aliphatic carbocycles. The molecule has 0 fully saturated rings. The van der Waals surface area contributed by atoms with Crippen molar-refractivity contribution in [2.24, 2.45) is 0 Å². The molecule has 0 aliphatic rings. The number of rotatable bonds is 2. The fourth-order valence-electron chi connectivity index (χ4n) is 1.45. The lowest BCUT2D eigenvalue weighted by atomic mass is 10.2. The van der Waals surface area contributed by atoms with Crippen molar-refractivity contribution >= 4 is 44.0 Å². The Morgan fingerprint density at radius 3 is 2.93 bits per heavy atom. The first-order valence-corrected chi connectivity index (χ1v) is 6.43. The van der Waals surface area contributed by atoms with E-state index in [0.29, 0.717) is 0 Å². The van der Waals surface area contributed by atoms with Crippen molar-refractivity contribution in [1.82, 2.24) is 0 Å². The number of benzene rings is 1. The van der Waals surface area contributed by atoms with Crippen molar-refractivity contribution in [2.75, 3.05) is 6.61 Å². The van der Waals surface area contributed by atoms with Gasteiger partial charge < -0.3 is 4.74 Å². The highest BCUT2D eigenvalue weighted by Crippen LogP contribution is 2.34. The standard InChI is InChI=1S/C11H11IOS/c1-3-13-9-5-4-8-6-7(2)14-11(8)10(9)12/h4-6H,3H2,1-2H3. The third-order valence-electron chi connectivity index (χ3n) is 2.01. The fourth-order valence-corrected chi connectivity index (χ4v) is 3.37. The quantitative estimate of drug-likeness (QED) is 0.754. The van der Waals surface area contributed by atoms with Gasteiger partial charge in [0, 0.05) is 4.88 Å². The predicted molar refractivity (Wildman–Crippen MR) is 70.4 cm³/mol. The van der Waals surface area contributed by atoms with E-state index >= 15 is 0 Å². The van der Waals surface area contributed by atoms with Gasteiger partial charge in [0.05, 0.1) is 14.9 Å². The first-order valence-electron chi connectivity index (χ1n) is 4.54. The van der Waals surface area contributed by atoms with E-state index in [9.17, 15) is 0 Å². The number of fused-ring (bicyclic) bond motifs is 1. The van der Waals surface area contributed by atoms with Crippen LogP contribution >= 0.6 is 33.9 Å². The van der Waals surface area contributed by atoms with Crippen LogP contribution in [0.2, 0.25) is 0 Å². The van der Waals surface area contributed by atoms with Gasteiger partial charge in [-0.1, -0.05) is 0 Å². The zero-order valence-corrected chi connectivity index (χ0v) is 11.1. The van der Waals surface area contributed by atoms with Crippen LogP contribution < -0.4 is 4.74 Å². The molecule has 1 aromatic carbocycles. The molecular weight excluding hydrogens is 307 g/mol. The van der Waals surface area contributed by atoms with Crippen molar-refractivity contribution in [1.29, 1.82) is 0 Å². The molecule has 1 aromatic heterocycles. The zero-order valence-electron chi connectivity index (χ0n) is 8.13. The van der Waals surface area contributed by atoms with E-state index in [-0.39, 0.29) is 0 Å². The van der Waals surface area contributed by atoms with E-state index in [2.05, 4.69) is 47.7 Å². The maximum Gasteiger partial charge on any atom is 0.134 e. The summed E-state index contributed by atoms with van der Waals surface area (Å²) in [4.78, 5) is 1.35. The Kier molecular flexibility index (Phi) is 2.97. The minimum atomic E-state index is 0.728. The van der Waals surface area contributed by atoms with E-state index in [1.165, 1.54) is 18.5 Å². The summed E-state index contributed by atoms with van der Waals surface area (Å²) >= 11 is 4.19. The molecule has 0 amide bonds. The van der Waals surface area contributed by atoms with Gasteiger partial charge in [0.15, 0.2) is 0 Å². The van der Waals surface area contributed by atoms with E-state index in [1.54, 1.807) is 0 Å². The van der Waals surface area contributed by atoms with Crippen LogP contribution in [0, 0.1) is 10.5 Å². The lowest BCUT2D eigenvalue weighted by molar-refractivity contribution is 0.338. The summed E-state index contributed by atoms with van der Waals surface area (Å²) in [5, 5.41) is 1.32. The first-order chi connectivity index (χ1) is 6.72. The van der Waals surface area contributed by atoms with Crippen LogP contribution in [0.3, 0.4) is 0 Å². The monoisotopic (exact) mass is 318 g/mol. The van der Waals surface area contributed by atoms with Crippen LogP contribution in [0.1, 0.15) is 11.8 Å². The number of ether oxygens (including phenoxy) is 1. The predicted octanol–water partition coefficient (Wildman–Crippen LogP) is 4.21. The average molecular weight is 318 g/mol. The largest absolute Gasteiger partial charge is 0.493 e. The SMILES string of the molecule is CCOc1ccc2cc(C)sc2c1I. The second kappa shape index (κ2) is 4.06. The molecule has 1 heterocycles. The second-order valence-electron chi connectivity index (χ2n) is 3.09. The first kappa shape index (κ1) is 10.2. The molecule has 0 saturated carbocycles. The van der Waals surface area contributed by atoms with Gasteiger partial charge in [0.1, 0.15) is 5.75 Å². The van der Waals surface area contributed by atoms with Crippen molar-refractivity contribution in [3.8, 4) is 5.75 Å². The van der Waals surface area contributed by atoms with Gasteiger partial charge in [-0.2, -0.15) is 0 Å². The summed E-state index contributed by atoms with van der Waals surface area (Å²) in [5.74, 6) is 1.00. The van der Waals surface area contributed by atoms with Gasteiger partial charge in [0.25, 0.3) is 0 Å². The molecule has 74 valence electrons. The van der Waals surface area contributed by atoms with Crippen LogP contribution in [-0.2, 0) is 0 Å². The van der Waals surface area contributed by atoms with Crippen LogP contribution in [0.5, 0.6) is 5.75 Å². The van der Waals surface area contributed by atoms with Gasteiger partial charge in [-0.15, -0.1) is 11.3 Å². The normalized spacial score (nSPS) is 10.8. The smallest absolute Gasteiger partial charge is 0.134 e. The molecule has 14 heavy (non-hydrogen) atoms. The van der Waals surface area contributed by atoms with Crippen molar-refractivity contribution < 1.29 is 4.74 Å². The van der Waals surface area contributed by atoms with Crippen molar-refractivity contribution in [2.45, 2.75) is 13.8 Å². The summed E-state index contributed by atoms with van der Waals surface area (Å²) < 4.78 is 8.13. The summed E-state index contributed by atoms with van der Waals surface area (Å²) in [5.41, 5.74) is 0. The Hall–Kier alpha value is -0.290. The minimum Gasteiger partial charge on any atom is -0.493 e. The molecule has 0 radical (unpaired) electrons. The number of thiophene rings is 1. The molecular formula is C11H11IOS. The van der Waals surface area contributed by atoms with Crippen LogP contribution in [0.25, 0.3) is 10.1 Å². The highest BCUT2D eigenvalue weighted by Gasteiger charge is 2.07. The molecule has 0 spiro atoms. The Morgan fingerprint density at radius 2 is 2.21 bits per heavy atom. The zero-order chi connectivity index (χ0) is 10.1. The summed E-state index contributed by atoms with van der Waals surface area (Å²) in [6.07, 6.45) is 0. The molecule has 2 rings (SSSR count). The average Bonchev–Trinajstić information content (AvgIpc) is 2.52. The summed E-state index contributed by atoms with van der Waals surface area (Å²) in [6.45, 7) is 4.88. The summed E-state index contributed by atoms with van der Waals surface area (Å²) in [6, 6.07) is 6.41. The Labute approximate surface area is 101 Å². The van der Waals surface area contributed by atoms with Crippen LogP contribution in [0.15, 0.2) is 18.2 Å². The van der Waals surface area contributed by atoms with Crippen molar-refractivity contribution in [3.63, 3.8) is 0 Å². The Morgan fingerprint density at radius 1 is 1.43 bits per heavy atom. The van der Waals surface area contributed by atoms with Crippen LogP contribution in [-0.4, -0.2) is 6.61 Å². The molecule has 3 heteroatoms. The molecule has 0 N–H and O–H groups in total. The van der Waals surface area contributed by atoms with E-state index < -0.39 is 0 Å². The maximum absolute atomic E-state index is 5.55. The van der Waals surface area contributed by atoms with E-state index in [0.717, 1.165) is 12.4 Å². The van der Waals surface area contributed by atoms with Gasteiger partial charge in [-0.25, -0.2) is 0 Å². The molecule has 1 nitrogen and oxygen atoms in total. The molecule has 0 atom stereocenters. The van der Waals surface area contributed by atoms with Crippen LogP contribution in [0.4, 0.5) is 0 Å². The number of halogens is 1. The maximum atomic E-state index is 5.55. The molecule has 0 bridgehead atoms. The van der Waals surface area contributed by atoms with Gasteiger partial charge in [0.2, 0.25) is 0 Å². The van der Waals surface area contributed by atoms with E-state index in [4.69, 9.17) is 4.74 Å².